The minimum Gasteiger partial charge on any atom is -0.478 e. The van der Waals surface area contributed by atoms with Crippen molar-refractivity contribution in [2.75, 3.05) is 5.32 Å². The van der Waals surface area contributed by atoms with Crippen LogP contribution in [0.4, 0.5) is 5.69 Å². The molecule has 0 heterocycles. The molecule has 0 aliphatic heterocycles. The van der Waals surface area contributed by atoms with Gasteiger partial charge >= 0.3 is 5.97 Å². The van der Waals surface area contributed by atoms with E-state index in [1.165, 1.54) is 6.07 Å². The maximum Gasteiger partial charge on any atom is 0.337 e. The fraction of sp³-hybridized carbons (Fsp3) is 0.467. The van der Waals surface area contributed by atoms with Crippen LogP contribution in [0.25, 0.3) is 0 Å². The summed E-state index contributed by atoms with van der Waals surface area (Å²) in [5.74, 6) is -1.09. The van der Waals surface area contributed by atoms with Crippen LogP contribution in [0.2, 0.25) is 0 Å². The zero-order valence-electron chi connectivity index (χ0n) is 11.3. The van der Waals surface area contributed by atoms with Gasteiger partial charge in [-0.15, -0.1) is 0 Å². The summed E-state index contributed by atoms with van der Waals surface area (Å²) in [4.78, 5) is 23.6. The number of aryl methyl sites for hydroxylation is 1. The zero-order chi connectivity index (χ0) is 14.0. The summed E-state index contributed by atoms with van der Waals surface area (Å²) in [5, 5.41) is 12.0. The third-order valence-corrected chi connectivity index (χ3v) is 4.00. The second-order valence-corrected chi connectivity index (χ2v) is 5.52. The van der Waals surface area contributed by atoms with Gasteiger partial charge in [0, 0.05) is 5.41 Å². The molecule has 0 aromatic heterocycles. The van der Waals surface area contributed by atoms with Crippen LogP contribution in [-0.4, -0.2) is 17.0 Å². The summed E-state index contributed by atoms with van der Waals surface area (Å²) in [6.07, 6.45) is 3.85. The molecule has 0 saturated heterocycles. The van der Waals surface area contributed by atoms with Crippen molar-refractivity contribution in [2.45, 2.75) is 39.5 Å². The fourth-order valence-corrected chi connectivity index (χ4v) is 2.66. The van der Waals surface area contributed by atoms with E-state index in [0.717, 1.165) is 31.2 Å². The summed E-state index contributed by atoms with van der Waals surface area (Å²) in [6, 6.07) is 5.01. The number of carbonyl (C=O) groups excluding carboxylic acids is 1. The predicted molar refractivity (Wildman–Crippen MR) is 73.3 cm³/mol. The van der Waals surface area contributed by atoms with Crippen molar-refractivity contribution in [1.29, 1.82) is 0 Å². The van der Waals surface area contributed by atoms with Crippen LogP contribution in [0.15, 0.2) is 18.2 Å². The highest BCUT2D eigenvalue weighted by Gasteiger charge is 2.36. The number of benzene rings is 1. The zero-order valence-corrected chi connectivity index (χ0v) is 11.3. The SMILES string of the molecule is Cc1cccc(C(=O)O)c1NC(=O)C1(C)CCCC1. The molecule has 4 heteroatoms. The second kappa shape index (κ2) is 5.03. The number of carboxylic acids is 1. The van der Waals surface area contributed by atoms with E-state index in [1.807, 2.05) is 6.92 Å². The van der Waals surface area contributed by atoms with Crippen molar-refractivity contribution >= 4 is 17.6 Å². The van der Waals surface area contributed by atoms with E-state index in [4.69, 9.17) is 0 Å². The van der Waals surface area contributed by atoms with Gasteiger partial charge in [-0.3, -0.25) is 4.79 Å². The smallest absolute Gasteiger partial charge is 0.337 e. The Balaban J connectivity index is 2.28. The predicted octanol–water partition coefficient (Wildman–Crippen LogP) is 3.21. The molecule has 1 amide bonds. The number of nitrogens with one attached hydrogen (secondary N) is 1. The molecule has 102 valence electrons. The number of hydrogen-bond donors (Lipinski definition) is 2. The molecule has 2 rings (SSSR count). The molecule has 2 N–H and O–H groups in total. The van der Waals surface area contributed by atoms with Crippen LogP contribution in [0, 0.1) is 12.3 Å². The third kappa shape index (κ3) is 2.62. The second-order valence-electron chi connectivity index (χ2n) is 5.52. The van der Waals surface area contributed by atoms with Gasteiger partial charge in [0.25, 0.3) is 0 Å². The van der Waals surface area contributed by atoms with E-state index in [1.54, 1.807) is 19.1 Å². The maximum atomic E-state index is 12.4. The summed E-state index contributed by atoms with van der Waals surface area (Å²) in [5.41, 5.74) is 0.982. The Kier molecular flexibility index (Phi) is 3.60. The molecule has 0 spiro atoms. The van der Waals surface area contributed by atoms with E-state index in [9.17, 15) is 14.7 Å². The van der Waals surface area contributed by atoms with Crippen LogP contribution in [-0.2, 0) is 4.79 Å². The van der Waals surface area contributed by atoms with E-state index >= 15 is 0 Å². The van der Waals surface area contributed by atoms with E-state index in [2.05, 4.69) is 5.32 Å². The van der Waals surface area contributed by atoms with Gasteiger partial charge < -0.3 is 10.4 Å². The van der Waals surface area contributed by atoms with Crippen molar-refractivity contribution in [3.05, 3.63) is 29.3 Å². The van der Waals surface area contributed by atoms with E-state index in [0.29, 0.717) is 5.69 Å². The number of anilines is 1. The van der Waals surface area contributed by atoms with Gasteiger partial charge in [-0.05, 0) is 31.4 Å². The number of rotatable bonds is 3. The van der Waals surface area contributed by atoms with Crippen LogP contribution in [0.3, 0.4) is 0 Å². The molecule has 1 saturated carbocycles. The van der Waals surface area contributed by atoms with Gasteiger partial charge in [-0.2, -0.15) is 0 Å². The highest BCUT2D eigenvalue weighted by molar-refractivity contribution is 6.03. The van der Waals surface area contributed by atoms with Crippen molar-refractivity contribution in [3.8, 4) is 0 Å². The number of amides is 1. The lowest BCUT2D eigenvalue weighted by Gasteiger charge is -2.23. The highest BCUT2D eigenvalue weighted by atomic mass is 16.4. The Labute approximate surface area is 112 Å². The Morgan fingerprint density at radius 2 is 1.89 bits per heavy atom. The molecule has 0 bridgehead atoms. The third-order valence-electron chi connectivity index (χ3n) is 4.00. The molecule has 1 aliphatic rings. The van der Waals surface area contributed by atoms with E-state index in [-0.39, 0.29) is 16.9 Å². The monoisotopic (exact) mass is 261 g/mol. The van der Waals surface area contributed by atoms with Gasteiger partial charge in [0.1, 0.15) is 0 Å². The molecule has 0 unspecified atom stereocenters. The lowest BCUT2D eigenvalue weighted by molar-refractivity contribution is -0.124. The molecule has 1 fully saturated rings. The lowest BCUT2D eigenvalue weighted by Crippen LogP contribution is -2.31. The molecule has 0 radical (unpaired) electrons. The Bertz CT molecular complexity index is 516. The standard InChI is InChI=1S/C15H19NO3/c1-10-6-5-7-11(13(17)18)12(10)16-14(19)15(2)8-3-4-9-15/h5-7H,3-4,8-9H2,1-2H3,(H,16,19)(H,17,18). The first-order valence-electron chi connectivity index (χ1n) is 6.58. The van der Waals surface area contributed by atoms with Crippen molar-refractivity contribution in [1.82, 2.24) is 0 Å². The minimum atomic E-state index is -1.02. The first-order chi connectivity index (χ1) is 8.94. The number of carboxylic acid groups (broad SMARTS) is 1. The van der Waals surface area contributed by atoms with Gasteiger partial charge in [0.2, 0.25) is 5.91 Å². The first-order valence-corrected chi connectivity index (χ1v) is 6.58. The minimum absolute atomic E-state index is 0.0678. The average Bonchev–Trinajstić information content (AvgIpc) is 2.79. The summed E-state index contributed by atoms with van der Waals surface area (Å²) in [6.45, 7) is 3.76. The molecule has 1 aromatic carbocycles. The van der Waals surface area contributed by atoms with Crippen LogP contribution in [0.1, 0.15) is 48.5 Å². The molecule has 1 aromatic rings. The van der Waals surface area contributed by atoms with Gasteiger partial charge in [-0.1, -0.05) is 31.9 Å². The summed E-state index contributed by atoms with van der Waals surface area (Å²) >= 11 is 0. The van der Waals surface area contributed by atoms with Gasteiger partial charge in [-0.25, -0.2) is 4.79 Å². The molecular weight excluding hydrogens is 242 g/mol. The first kappa shape index (κ1) is 13.6. The Hall–Kier alpha value is -1.84. The summed E-state index contributed by atoms with van der Waals surface area (Å²) in [7, 11) is 0. The van der Waals surface area contributed by atoms with Crippen molar-refractivity contribution < 1.29 is 14.7 Å². The quantitative estimate of drug-likeness (QED) is 0.878. The molecule has 0 atom stereocenters. The maximum absolute atomic E-state index is 12.4. The fourth-order valence-electron chi connectivity index (χ4n) is 2.66. The van der Waals surface area contributed by atoms with Crippen LogP contribution in [0.5, 0.6) is 0 Å². The van der Waals surface area contributed by atoms with Gasteiger partial charge in [0.15, 0.2) is 0 Å². The number of aromatic carboxylic acids is 1. The molecule has 19 heavy (non-hydrogen) atoms. The molecular formula is C15H19NO3. The van der Waals surface area contributed by atoms with Crippen molar-refractivity contribution in [3.63, 3.8) is 0 Å². The average molecular weight is 261 g/mol. The molecule has 4 nitrogen and oxygen atoms in total. The van der Waals surface area contributed by atoms with Gasteiger partial charge in [0.05, 0.1) is 11.3 Å². The Morgan fingerprint density at radius 3 is 2.47 bits per heavy atom. The van der Waals surface area contributed by atoms with Crippen LogP contribution >= 0.6 is 0 Å². The van der Waals surface area contributed by atoms with E-state index < -0.39 is 5.97 Å². The summed E-state index contributed by atoms with van der Waals surface area (Å²) < 4.78 is 0. The van der Waals surface area contributed by atoms with Crippen LogP contribution < -0.4 is 5.32 Å². The number of carbonyl (C=O) groups is 2. The molecule has 1 aliphatic carbocycles. The number of hydrogen-bond acceptors (Lipinski definition) is 2. The number of para-hydroxylation sites is 1. The van der Waals surface area contributed by atoms with Crippen molar-refractivity contribution in [2.24, 2.45) is 5.41 Å². The topological polar surface area (TPSA) is 66.4 Å². The lowest BCUT2D eigenvalue weighted by atomic mass is 9.87. The normalized spacial score (nSPS) is 17.2. The highest BCUT2D eigenvalue weighted by Crippen LogP contribution is 2.38. The Morgan fingerprint density at radius 1 is 1.26 bits per heavy atom. The largest absolute Gasteiger partial charge is 0.478 e.